The van der Waals surface area contributed by atoms with Gasteiger partial charge in [-0.05, 0) is 83.5 Å². The molecule has 0 saturated heterocycles. The highest BCUT2D eigenvalue weighted by atomic mass is 16.6. The van der Waals surface area contributed by atoms with Crippen LogP contribution in [-0.4, -0.2) is 37.2 Å². The first-order chi connectivity index (χ1) is 34.0. The Labute approximate surface area is 428 Å². The predicted molar refractivity (Wildman–Crippen MR) is 298 cm³/mol. The van der Waals surface area contributed by atoms with Gasteiger partial charge in [0, 0.05) is 19.3 Å². The van der Waals surface area contributed by atoms with E-state index in [4.69, 9.17) is 14.2 Å². The number of esters is 3. The summed E-state index contributed by atoms with van der Waals surface area (Å²) in [5.41, 5.74) is 0. The van der Waals surface area contributed by atoms with Crippen molar-refractivity contribution in [3.05, 3.63) is 48.6 Å². The topological polar surface area (TPSA) is 78.9 Å². The van der Waals surface area contributed by atoms with Crippen LogP contribution in [-0.2, 0) is 28.6 Å². The van der Waals surface area contributed by atoms with E-state index in [0.717, 1.165) is 89.9 Å². The predicted octanol–water partition coefficient (Wildman–Crippen LogP) is 20.2. The van der Waals surface area contributed by atoms with E-state index < -0.39 is 6.10 Å². The van der Waals surface area contributed by atoms with Gasteiger partial charge < -0.3 is 14.2 Å². The normalized spacial score (nSPS) is 12.3. The summed E-state index contributed by atoms with van der Waals surface area (Å²) in [7, 11) is 0. The first kappa shape index (κ1) is 66.4. The van der Waals surface area contributed by atoms with Crippen LogP contribution in [0.4, 0.5) is 0 Å². The molecule has 0 saturated carbocycles. The molecule has 0 radical (unpaired) electrons. The quantitative estimate of drug-likeness (QED) is 0.0262. The van der Waals surface area contributed by atoms with Crippen LogP contribution in [0.2, 0.25) is 0 Å². The lowest BCUT2D eigenvalue weighted by atomic mass is 10.0. The highest BCUT2D eigenvalue weighted by molar-refractivity contribution is 5.71. The smallest absolute Gasteiger partial charge is 0.306 e. The lowest BCUT2D eigenvalue weighted by Crippen LogP contribution is -2.30. The molecule has 0 rings (SSSR count). The Morgan fingerprint density at radius 3 is 0.812 bits per heavy atom. The Morgan fingerprint density at radius 1 is 0.290 bits per heavy atom. The number of allylic oxidation sites excluding steroid dienone is 8. The zero-order valence-corrected chi connectivity index (χ0v) is 46.1. The summed E-state index contributed by atoms with van der Waals surface area (Å²) in [6, 6.07) is 0. The Hall–Kier alpha value is -2.63. The van der Waals surface area contributed by atoms with Gasteiger partial charge in [-0.25, -0.2) is 0 Å². The highest BCUT2D eigenvalue weighted by Crippen LogP contribution is 2.16. The molecule has 1 atom stereocenters. The standard InChI is InChI=1S/C63H114O6/c1-4-7-10-13-16-19-22-25-28-31-33-35-38-41-44-47-50-53-56-62(65)68-59-60(58-67-61(64)55-52-49-46-43-40-37-34-30-27-24-21-18-15-12-9-6-3)69-63(66)57-54-51-48-45-42-39-36-32-29-26-23-20-17-14-11-8-5-2/h19,21-22,24,28,30-31,34,60H,4-18,20,23,25-27,29,32-33,35-59H2,1-3H3/b22-19-,24-21-,31-28-,34-30-. The van der Waals surface area contributed by atoms with Gasteiger partial charge in [0.1, 0.15) is 13.2 Å². The van der Waals surface area contributed by atoms with Crippen molar-refractivity contribution in [1.82, 2.24) is 0 Å². The number of hydrogen-bond donors (Lipinski definition) is 0. The molecule has 0 heterocycles. The number of ether oxygens (including phenoxy) is 3. The van der Waals surface area contributed by atoms with Crippen LogP contribution in [0.5, 0.6) is 0 Å². The zero-order chi connectivity index (χ0) is 50.0. The van der Waals surface area contributed by atoms with Crippen molar-refractivity contribution >= 4 is 17.9 Å². The van der Waals surface area contributed by atoms with Crippen molar-refractivity contribution in [2.75, 3.05) is 13.2 Å². The fraction of sp³-hybridized carbons (Fsp3) is 0.825. The molecule has 6 heteroatoms. The SMILES string of the molecule is CCCCCC/C=C\C/C=C\CCCCCCCCCC(=O)OCC(COC(=O)CCCCCCC/C=C\C/C=C\CCCCCC)OC(=O)CCCCCCCCCCCCCCCCCCC. The van der Waals surface area contributed by atoms with Crippen molar-refractivity contribution < 1.29 is 28.6 Å². The van der Waals surface area contributed by atoms with E-state index in [-0.39, 0.29) is 31.1 Å². The van der Waals surface area contributed by atoms with Crippen LogP contribution in [0.1, 0.15) is 316 Å². The molecule has 0 aliphatic carbocycles. The van der Waals surface area contributed by atoms with Crippen molar-refractivity contribution in [3.8, 4) is 0 Å². The highest BCUT2D eigenvalue weighted by Gasteiger charge is 2.19. The molecule has 0 aromatic heterocycles. The molecule has 0 amide bonds. The number of unbranched alkanes of at least 4 members (excludes halogenated alkanes) is 36. The van der Waals surface area contributed by atoms with Gasteiger partial charge in [0.15, 0.2) is 6.10 Å². The van der Waals surface area contributed by atoms with Crippen molar-refractivity contribution in [3.63, 3.8) is 0 Å². The molecule has 69 heavy (non-hydrogen) atoms. The minimum absolute atomic E-state index is 0.0789. The monoisotopic (exact) mass is 967 g/mol. The average molecular weight is 968 g/mol. The lowest BCUT2D eigenvalue weighted by molar-refractivity contribution is -0.167. The number of carbonyl (C=O) groups excluding carboxylic acids is 3. The first-order valence-corrected chi connectivity index (χ1v) is 30.1. The van der Waals surface area contributed by atoms with Crippen LogP contribution in [0.3, 0.4) is 0 Å². The Balaban J connectivity index is 4.38. The van der Waals surface area contributed by atoms with Crippen molar-refractivity contribution in [1.29, 1.82) is 0 Å². The van der Waals surface area contributed by atoms with Gasteiger partial charge in [0.25, 0.3) is 0 Å². The molecule has 0 spiro atoms. The molecule has 0 fully saturated rings. The Morgan fingerprint density at radius 2 is 0.522 bits per heavy atom. The molecular weight excluding hydrogens is 853 g/mol. The molecule has 0 aromatic carbocycles. The average Bonchev–Trinajstić information content (AvgIpc) is 3.35. The Kier molecular flexibility index (Phi) is 55.7. The maximum absolute atomic E-state index is 12.9. The molecule has 0 N–H and O–H groups in total. The second-order valence-corrected chi connectivity index (χ2v) is 20.3. The number of carbonyl (C=O) groups is 3. The zero-order valence-electron chi connectivity index (χ0n) is 46.1. The lowest BCUT2D eigenvalue weighted by Gasteiger charge is -2.18. The number of rotatable bonds is 55. The van der Waals surface area contributed by atoms with Gasteiger partial charge in [0.05, 0.1) is 0 Å². The molecule has 0 aliphatic heterocycles. The summed E-state index contributed by atoms with van der Waals surface area (Å²) in [5, 5.41) is 0. The summed E-state index contributed by atoms with van der Waals surface area (Å²) in [6.45, 7) is 6.63. The van der Waals surface area contributed by atoms with Gasteiger partial charge in [-0.3, -0.25) is 14.4 Å². The van der Waals surface area contributed by atoms with E-state index in [2.05, 4.69) is 69.4 Å². The molecule has 1 unspecified atom stereocenters. The fourth-order valence-electron chi connectivity index (χ4n) is 8.74. The summed E-state index contributed by atoms with van der Waals surface area (Å²) in [5.74, 6) is -0.882. The largest absolute Gasteiger partial charge is 0.462 e. The van der Waals surface area contributed by atoms with Crippen LogP contribution in [0.25, 0.3) is 0 Å². The minimum atomic E-state index is -0.780. The van der Waals surface area contributed by atoms with E-state index >= 15 is 0 Å². The summed E-state index contributed by atoms with van der Waals surface area (Å²) in [6.07, 6.45) is 71.0. The summed E-state index contributed by atoms with van der Waals surface area (Å²) >= 11 is 0. The van der Waals surface area contributed by atoms with Gasteiger partial charge in [-0.2, -0.15) is 0 Å². The van der Waals surface area contributed by atoms with Crippen LogP contribution in [0, 0.1) is 0 Å². The summed E-state index contributed by atoms with van der Waals surface area (Å²) < 4.78 is 16.9. The molecular formula is C63H114O6. The van der Waals surface area contributed by atoms with Gasteiger partial charge >= 0.3 is 17.9 Å². The van der Waals surface area contributed by atoms with Crippen molar-refractivity contribution in [2.24, 2.45) is 0 Å². The minimum Gasteiger partial charge on any atom is -0.462 e. The summed E-state index contributed by atoms with van der Waals surface area (Å²) in [4.78, 5) is 38.2. The first-order valence-electron chi connectivity index (χ1n) is 30.1. The molecule has 0 aliphatic rings. The van der Waals surface area contributed by atoms with E-state index in [9.17, 15) is 14.4 Å². The van der Waals surface area contributed by atoms with Crippen molar-refractivity contribution in [2.45, 2.75) is 322 Å². The maximum Gasteiger partial charge on any atom is 0.306 e. The maximum atomic E-state index is 12.9. The second kappa shape index (κ2) is 57.9. The molecule has 402 valence electrons. The van der Waals surface area contributed by atoms with E-state index in [1.807, 2.05) is 0 Å². The van der Waals surface area contributed by atoms with Crippen LogP contribution >= 0.6 is 0 Å². The third-order valence-electron chi connectivity index (χ3n) is 13.3. The Bertz CT molecular complexity index is 1200. The van der Waals surface area contributed by atoms with E-state index in [0.29, 0.717) is 19.3 Å². The van der Waals surface area contributed by atoms with Gasteiger partial charge in [-0.15, -0.1) is 0 Å². The van der Waals surface area contributed by atoms with Gasteiger partial charge in [-0.1, -0.05) is 262 Å². The third-order valence-corrected chi connectivity index (χ3v) is 13.3. The van der Waals surface area contributed by atoms with E-state index in [1.165, 1.54) is 186 Å². The van der Waals surface area contributed by atoms with Gasteiger partial charge in [0.2, 0.25) is 0 Å². The molecule has 0 aromatic rings. The second-order valence-electron chi connectivity index (χ2n) is 20.3. The third kappa shape index (κ3) is 56.2. The van der Waals surface area contributed by atoms with Crippen LogP contribution < -0.4 is 0 Å². The van der Waals surface area contributed by atoms with Crippen LogP contribution in [0.15, 0.2) is 48.6 Å². The van der Waals surface area contributed by atoms with E-state index in [1.54, 1.807) is 0 Å². The fourth-order valence-corrected chi connectivity index (χ4v) is 8.74. The molecule has 0 bridgehead atoms. The number of hydrogen-bond acceptors (Lipinski definition) is 6. The molecule has 6 nitrogen and oxygen atoms in total.